The molecule has 4 heteroatoms. The van der Waals surface area contributed by atoms with Crippen molar-refractivity contribution in [3.05, 3.63) is 35.4 Å². The molecule has 0 spiro atoms. The summed E-state index contributed by atoms with van der Waals surface area (Å²) in [7, 11) is 1.63. The van der Waals surface area contributed by atoms with E-state index in [4.69, 9.17) is 15.6 Å². The summed E-state index contributed by atoms with van der Waals surface area (Å²) in [6.07, 6.45) is 0.304. The number of hydrogen-bond acceptors (Lipinski definition) is 3. The van der Waals surface area contributed by atoms with Crippen LogP contribution in [0.4, 0.5) is 0 Å². The monoisotopic (exact) mass is 237 g/mol. The van der Waals surface area contributed by atoms with E-state index in [0.717, 1.165) is 11.1 Å². The molecule has 1 aromatic rings. The Bertz CT molecular complexity index is 401. The van der Waals surface area contributed by atoms with Crippen molar-refractivity contribution in [1.29, 1.82) is 0 Å². The van der Waals surface area contributed by atoms with E-state index in [9.17, 15) is 4.79 Å². The zero-order valence-electron chi connectivity index (χ0n) is 10.4. The van der Waals surface area contributed by atoms with Crippen LogP contribution in [0.2, 0.25) is 0 Å². The van der Waals surface area contributed by atoms with E-state index in [1.807, 2.05) is 38.1 Å². The van der Waals surface area contributed by atoms with Gasteiger partial charge in [0, 0.05) is 7.11 Å². The Labute approximate surface area is 101 Å². The van der Waals surface area contributed by atoms with Crippen LogP contribution in [-0.2, 0) is 21.6 Å². The maximum Gasteiger partial charge on any atom is 0.320 e. The molecule has 17 heavy (non-hydrogen) atoms. The predicted octanol–water partition coefficient (Wildman–Crippen LogP) is 1.52. The van der Waals surface area contributed by atoms with Gasteiger partial charge in [-0.3, -0.25) is 4.79 Å². The van der Waals surface area contributed by atoms with Gasteiger partial charge in [0.15, 0.2) is 0 Å². The lowest BCUT2D eigenvalue weighted by molar-refractivity contribution is -0.138. The Morgan fingerprint density at radius 2 is 2.06 bits per heavy atom. The normalized spacial score (nSPS) is 13.4. The number of aliphatic carboxylic acids is 1. The lowest BCUT2D eigenvalue weighted by Crippen LogP contribution is -2.33. The average molecular weight is 237 g/mol. The number of ether oxygens (including phenoxy) is 1. The van der Waals surface area contributed by atoms with E-state index >= 15 is 0 Å². The van der Waals surface area contributed by atoms with Crippen LogP contribution < -0.4 is 5.73 Å². The molecule has 1 rings (SSSR count). The summed E-state index contributed by atoms with van der Waals surface area (Å²) in [4.78, 5) is 10.8. The number of benzene rings is 1. The van der Waals surface area contributed by atoms with Crippen LogP contribution in [0.5, 0.6) is 0 Å². The first-order chi connectivity index (χ1) is 7.88. The molecule has 0 radical (unpaired) electrons. The molecule has 1 aromatic carbocycles. The SMILES string of the molecule is COC(C)(C)c1ccccc1CC(N)C(=O)O. The number of rotatable bonds is 5. The van der Waals surface area contributed by atoms with Crippen molar-refractivity contribution in [2.45, 2.75) is 31.9 Å². The van der Waals surface area contributed by atoms with Crippen LogP contribution >= 0.6 is 0 Å². The molecule has 1 unspecified atom stereocenters. The first-order valence-electron chi connectivity index (χ1n) is 5.50. The molecule has 0 saturated heterocycles. The second-order valence-corrected chi connectivity index (χ2v) is 4.52. The molecule has 0 heterocycles. The Hall–Kier alpha value is -1.39. The van der Waals surface area contributed by atoms with Gasteiger partial charge in [-0.15, -0.1) is 0 Å². The number of carbonyl (C=O) groups is 1. The van der Waals surface area contributed by atoms with Crippen molar-refractivity contribution in [3.8, 4) is 0 Å². The third-order valence-electron chi connectivity index (χ3n) is 2.93. The van der Waals surface area contributed by atoms with Gasteiger partial charge in [0.25, 0.3) is 0 Å². The van der Waals surface area contributed by atoms with Crippen molar-refractivity contribution in [1.82, 2.24) is 0 Å². The molecule has 0 aliphatic carbocycles. The van der Waals surface area contributed by atoms with E-state index in [0.29, 0.717) is 6.42 Å². The van der Waals surface area contributed by atoms with E-state index < -0.39 is 17.6 Å². The minimum atomic E-state index is -0.991. The average Bonchev–Trinajstić information content (AvgIpc) is 2.29. The highest BCUT2D eigenvalue weighted by Gasteiger charge is 2.24. The molecule has 0 aromatic heterocycles. The Morgan fingerprint density at radius 1 is 1.47 bits per heavy atom. The molecule has 1 atom stereocenters. The summed E-state index contributed by atoms with van der Waals surface area (Å²) < 4.78 is 5.42. The summed E-state index contributed by atoms with van der Waals surface area (Å²) in [5.74, 6) is -0.991. The van der Waals surface area contributed by atoms with E-state index in [-0.39, 0.29) is 0 Å². The Balaban J connectivity index is 3.04. The molecule has 94 valence electrons. The zero-order chi connectivity index (χ0) is 13.1. The first kappa shape index (κ1) is 13.7. The fourth-order valence-corrected chi connectivity index (χ4v) is 1.72. The molecule has 3 N–H and O–H groups in total. The van der Waals surface area contributed by atoms with Crippen molar-refractivity contribution in [2.75, 3.05) is 7.11 Å². The Morgan fingerprint density at radius 3 is 2.59 bits per heavy atom. The summed E-state index contributed by atoms with van der Waals surface area (Å²) in [5.41, 5.74) is 7.00. The van der Waals surface area contributed by atoms with Crippen molar-refractivity contribution < 1.29 is 14.6 Å². The maximum absolute atomic E-state index is 10.8. The maximum atomic E-state index is 10.8. The van der Waals surface area contributed by atoms with Crippen LogP contribution in [0.1, 0.15) is 25.0 Å². The van der Waals surface area contributed by atoms with Crippen LogP contribution in [-0.4, -0.2) is 24.2 Å². The number of carboxylic acid groups (broad SMARTS) is 1. The third kappa shape index (κ3) is 3.28. The number of hydrogen-bond donors (Lipinski definition) is 2. The number of methoxy groups -OCH3 is 1. The van der Waals surface area contributed by atoms with Crippen LogP contribution in [0.15, 0.2) is 24.3 Å². The molecule has 0 bridgehead atoms. The molecule has 0 amide bonds. The third-order valence-corrected chi connectivity index (χ3v) is 2.93. The molecular formula is C13H19NO3. The summed E-state index contributed by atoms with van der Waals surface area (Å²) >= 11 is 0. The minimum Gasteiger partial charge on any atom is -0.480 e. The van der Waals surface area contributed by atoms with Gasteiger partial charge in [-0.2, -0.15) is 0 Å². The predicted molar refractivity (Wildman–Crippen MR) is 65.8 cm³/mol. The largest absolute Gasteiger partial charge is 0.480 e. The van der Waals surface area contributed by atoms with Crippen molar-refractivity contribution in [2.24, 2.45) is 5.73 Å². The van der Waals surface area contributed by atoms with Gasteiger partial charge in [-0.25, -0.2) is 0 Å². The zero-order valence-corrected chi connectivity index (χ0v) is 10.4. The van der Waals surface area contributed by atoms with Crippen LogP contribution in [0, 0.1) is 0 Å². The van der Waals surface area contributed by atoms with Gasteiger partial charge in [0.05, 0.1) is 5.60 Å². The van der Waals surface area contributed by atoms with Gasteiger partial charge in [0.1, 0.15) is 6.04 Å². The van der Waals surface area contributed by atoms with Crippen molar-refractivity contribution in [3.63, 3.8) is 0 Å². The highest BCUT2D eigenvalue weighted by atomic mass is 16.5. The smallest absolute Gasteiger partial charge is 0.320 e. The Kier molecular flexibility index (Phi) is 4.26. The summed E-state index contributed by atoms with van der Waals surface area (Å²) in [5, 5.41) is 8.84. The molecule has 0 fully saturated rings. The van der Waals surface area contributed by atoms with Crippen molar-refractivity contribution >= 4 is 5.97 Å². The minimum absolute atomic E-state index is 0.304. The second kappa shape index (κ2) is 5.29. The molecule has 0 aliphatic heterocycles. The van der Waals surface area contributed by atoms with Gasteiger partial charge < -0.3 is 15.6 Å². The second-order valence-electron chi connectivity index (χ2n) is 4.52. The van der Waals surface area contributed by atoms with Gasteiger partial charge in [-0.1, -0.05) is 24.3 Å². The van der Waals surface area contributed by atoms with E-state index in [2.05, 4.69) is 0 Å². The lowest BCUT2D eigenvalue weighted by atomic mass is 9.90. The van der Waals surface area contributed by atoms with Gasteiger partial charge >= 0.3 is 5.97 Å². The molecule has 4 nitrogen and oxygen atoms in total. The van der Waals surface area contributed by atoms with Gasteiger partial charge in [0.2, 0.25) is 0 Å². The number of carboxylic acids is 1. The van der Waals surface area contributed by atoms with Gasteiger partial charge in [-0.05, 0) is 31.4 Å². The number of nitrogens with two attached hydrogens (primary N) is 1. The fourth-order valence-electron chi connectivity index (χ4n) is 1.72. The molecule has 0 aliphatic rings. The summed E-state index contributed by atoms with van der Waals surface area (Å²) in [6, 6.07) is 6.72. The van der Waals surface area contributed by atoms with E-state index in [1.165, 1.54) is 0 Å². The fraction of sp³-hybridized carbons (Fsp3) is 0.462. The highest BCUT2D eigenvalue weighted by molar-refractivity contribution is 5.73. The topological polar surface area (TPSA) is 72.5 Å². The standard InChI is InChI=1S/C13H19NO3/c1-13(2,17-3)10-7-5-4-6-9(10)8-11(14)12(15)16/h4-7,11H,8,14H2,1-3H3,(H,15,16). The summed E-state index contributed by atoms with van der Waals surface area (Å²) in [6.45, 7) is 3.89. The van der Waals surface area contributed by atoms with Crippen LogP contribution in [0.25, 0.3) is 0 Å². The highest BCUT2D eigenvalue weighted by Crippen LogP contribution is 2.27. The molecular weight excluding hydrogens is 218 g/mol. The van der Waals surface area contributed by atoms with E-state index in [1.54, 1.807) is 7.11 Å². The van der Waals surface area contributed by atoms with Crippen LogP contribution in [0.3, 0.4) is 0 Å². The first-order valence-corrected chi connectivity index (χ1v) is 5.50. The lowest BCUT2D eigenvalue weighted by Gasteiger charge is -2.26. The molecule has 0 saturated carbocycles. The quantitative estimate of drug-likeness (QED) is 0.814.